The van der Waals surface area contributed by atoms with Gasteiger partial charge in [0, 0.05) is 18.0 Å². The minimum absolute atomic E-state index is 0.107. The third-order valence-electron chi connectivity index (χ3n) is 6.97. The summed E-state index contributed by atoms with van der Waals surface area (Å²) in [6, 6.07) is 9.70. The van der Waals surface area contributed by atoms with Crippen LogP contribution in [0.2, 0.25) is 0 Å². The van der Waals surface area contributed by atoms with E-state index in [9.17, 15) is 9.59 Å². The van der Waals surface area contributed by atoms with E-state index in [0.29, 0.717) is 18.8 Å². The van der Waals surface area contributed by atoms with Gasteiger partial charge in [0.2, 0.25) is 5.91 Å². The maximum Gasteiger partial charge on any atom is 0.273 e. The maximum atomic E-state index is 13.8. The van der Waals surface area contributed by atoms with Gasteiger partial charge in [0.05, 0.1) is 19.3 Å². The minimum Gasteiger partial charge on any atom is -0.497 e. The summed E-state index contributed by atoms with van der Waals surface area (Å²) >= 11 is 0. The first-order valence-corrected chi connectivity index (χ1v) is 12.0. The molecule has 1 atom stereocenters. The fourth-order valence-electron chi connectivity index (χ4n) is 4.80. The second-order valence-electron chi connectivity index (χ2n) is 10.6. The quantitative estimate of drug-likeness (QED) is 0.742. The van der Waals surface area contributed by atoms with Gasteiger partial charge in [-0.25, -0.2) is 0 Å². The zero-order valence-electron chi connectivity index (χ0n) is 20.5. The lowest BCUT2D eigenvalue weighted by molar-refractivity contribution is -0.134. The van der Waals surface area contributed by atoms with Gasteiger partial charge in [0.1, 0.15) is 17.0 Å². The fourth-order valence-corrected chi connectivity index (χ4v) is 4.80. The number of aromatic nitrogens is 2. The van der Waals surface area contributed by atoms with Crippen molar-refractivity contribution in [2.75, 3.05) is 7.11 Å². The van der Waals surface area contributed by atoms with E-state index in [4.69, 9.17) is 9.84 Å². The molecule has 1 aliphatic carbocycles. The molecule has 2 aromatic rings. The highest BCUT2D eigenvalue weighted by Crippen LogP contribution is 2.32. The van der Waals surface area contributed by atoms with E-state index in [2.05, 4.69) is 26.1 Å². The summed E-state index contributed by atoms with van der Waals surface area (Å²) in [5, 5.41) is 7.99. The smallest absolute Gasteiger partial charge is 0.273 e. The number of amides is 2. The molecule has 1 aromatic carbocycles. The van der Waals surface area contributed by atoms with Crippen LogP contribution in [0.25, 0.3) is 0 Å². The van der Waals surface area contributed by atoms with Gasteiger partial charge in [-0.15, -0.1) is 0 Å². The van der Waals surface area contributed by atoms with Crippen LogP contribution in [0.3, 0.4) is 0 Å². The number of hydrogen-bond acceptors (Lipinski definition) is 4. The molecule has 1 aliphatic heterocycles. The third-order valence-corrected chi connectivity index (χ3v) is 6.97. The zero-order chi connectivity index (χ0) is 23.8. The number of methoxy groups -OCH3 is 1. The first kappa shape index (κ1) is 23.3. The van der Waals surface area contributed by atoms with Crippen molar-refractivity contribution < 1.29 is 14.3 Å². The molecular formula is C26H36N4O3. The molecule has 2 amide bonds. The Morgan fingerprint density at radius 1 is 1.21 bits per heavy atom. The number of fused-ring (bicyclic) bond motifs is 1. The molecule has 178 valence electrons. The van der Waals surface area contributed by atoms with Crippen LogP contribution in [-0.4, -0.2) is 45.2 Å². The van der Waals surface area contributed by atoms with Gasteiger partial charge in [-0.3, -0.25) is 14.3 Å². The highest BCUT2D eigenvalue weighted by molar-refractivity contribution is 5.99. The molecule has 0 unspecified atom stereocenters. The molecule has 0 saturated heterocycles. The number of rotatable bonds is 5. The Morgan fingerprint density at radius 3 is 2.61 bits per heavy atom. The lowest BCUT2D eigenvalue weighted by atomic mass is 9.90. The van der Waals surface area contributed by atoms with Gasteiger partial charge in [-0.05, 0) is 43.5 Å². The number of nitrogens with one attached hydrogen (secondary N) is 1. The molecule has 4 rings (SSSR count). The molecular weight excluding hydrogens is 416 g/mol. The van der Waals surface area contributed by atoms with E-state index >= 15 is 0 Å². The van der Waals surface area contributed by atoms with Gasteiger partial charge in [-0.2, -0.15) is 5.10 Å². The summed E-state index contributed by atoms with van der Waals surface area (Å²) in [6.45, 7) is 8.75. The molecule has 0 bridgehead atoms. The van der Waals surface area contributed by atoms with Crippen molar-refractivity contribution in [1.29, 1.82) is 0 Å². The van der Waals surface area contributed by atoms with E-state index in [0.717, 1.165) is 42.7 Å². The molecule has 1 N–H and O–H groups in total. The Bertz CT molecular complexity index is 1030. The van der Waals surface area contributed by atoms with E-state index in [-0.39, 0.29) is 23.3 Å². The normalized spacial score (nSPS) is 21.6. The lowest BCUT2D eigenvalue weighted by Crippen LogP contribution is -2.64. The Morgan fingerprint density at radius 2 is 1.94 bits per heavy atom. The zero-order valence-corrected chi connectivity index (χ0v) is 20.5. The van der Waals surface area contributed by atoms with Gasteiger partial charge < -0.3 is 15.0 Å². The molecule has 2 heterocycles. The van der Waals surface area contributed by atoms with E-state index in [1.165, 1.54) is 6.42 Å². The highest BCUT2D eigenvalue weighted by Gasteiger charge is 2.48. The van der Waals surface area contributed by atoms with Crippen LogP contribution in [0, 0.1) is 0 Å². The second-order valence-corrected chi connectivity index (χ2v) is 10.6. The molecule has 1 fully saturated rings. The van der Waals surface area contributed by atoms with Crippen molar-refractivity contribution in [3.05, 3.63) is 47.3 Å². The highest BCUT2D eigenvalue weighted by atomic mass is 16.5. The molecule has 0 radical (unpaired) electrons. The van der Waals surface area contributed by atoms with E-state index < -0.39 is 5.54 Å². The third kappa shape index (κ3) is 4.63. The van der Waals surface area contributed by atoms with Crippen molar-refractivity contribution in [3.8, 4) is 5.75 Å². The Kier molecular flexibility index (Phi) is 6.25. The average molecular weight is 453 g/mol. The second kappa shape index (κ2) is 8.84. The van der Waals surface area contributed by atoms with Gasteiger partial charge in [0.15, 0.2) is 0 Å². The van der Waals surface area contributed by atoms with Crippen molar-refractivity contribution >= 4 is 11.8 Å². The van der Waals surface area contributed by atoms with Gasteiger partial charge in [0.25, 0.3) is 5.91 Å². The van der Waals surface area contributed by atoms with Crippen molar-refractivity contribution in [3.63, 3.8) is 0 Å². The van der Waals surface area contributed by atoms with E-state index in [1.54, 1.807) is 16.7 Å². The minimum atomic E-state index is -1.05. The number of ether oxygens (including phenoxy) is 1. The summed E-state index contributed by atoms with van der Waals surface area (Å²) in [7, 11) is 1.62. The van der Waals surface area contributed by atoms with Crippen LogP contribution in [-0.2, 0) is 23.3 Å². The van der Waals surface area contributed by atoms with Crippen LogP contribution < -0.4 is 10.1 Å². The van der Waals surface area contributed by atoms with Crippen molar-refractivity contribution in [2.45, 2.75) is 89.9 Å². The molecule has 7 heteroatoms. The Balaban J connectivity index is 1.70. The van der Waals surface area contributed by atoms with Crippen LogP contribution >= 0.6 is 0 Å². The first-order chi connectivity index (χ1) is 15.6. The topological polar surface area (TPSA) is 76.5 Å². The first-order valence-electron chi connectivity index (χ1n) is 12.0. The number of hydrogen-bond donors (Lipinski definition) is 1. The van der Waals surface area contributed by atoms with E-state index in [1.807, 2.05) is 37.3 Å². The Hall–Kier alpha value is -2.83. The summed E-state index contributed by atoms with van der Waals surface area (Å²) in [6.07, 6.45) is 5.47. The number of carbonyl (C=O) groups is 2. The molecule has 33 heavy (non-hydrogen) atoms. The van der Waals surface area contributed by atoms with Crippen LogP contribution in [0.5, 0.6) is 5.75 Å². The summed E-state index contributed by atoms with van der Waals surface area (Å²) in [5.41, 5.74) is 1.06. The summed E-state index contributed by atoms with van der Waals surface area (Å²) < 4.78 is 7.10. The van der Waals surface area contributed by atoms with Crippen LogP contribution in [0.1, 0.15) is 81.5 Å². The van der Waals surface area contributed by atoms with Crippen molar-refractivity contribution in [2.24, 2.45) is 0 Å². The number of benzene rings is 1. The summed E-state index contributed by atoms with van der Waals surface area (Å²) in [4.78, 5) is 29.2. The molecule has 7 nitrogen and oxygen atoms in total. The SMILES string of the molecule is COc1cccc(CN2C(=O)c3cc(C(C)(C)C)nn3C[C@@]2(C)C(=O)NC2CCCCC2)c1. The standard InChI is InChI=1S/C26H36N4O3/c1-25(2,3)22-15-21-23(31)29(16-18-10-9-13-20(14-18)33-5)26(4,17-30(21)28-22)24(32)27-19-11-7-6-8-12-19/h9-10,13-15,19H,6-8,11-12,16-17H2,1-5H3,(H,27,32)/t26-/m0/s1. The van der Waals surface area contributed by atoms with Gasteiger partial charge in [-0.1, -0.05) is 52.2 Å². The molecule has 2 aliphatic rings. The van der Waals surface area contributed by atoms with Crippen molar-refractivity contribution in [1.82, 2.24) is 20.0 Å². The van der Waals surface area contributed by atoms with Gasteiger partial charge >= 0.3 is 0 Å². The fraction of sp³-hybridized carbons (Fsp3) is 0.577. The largest absolute Gasteiger partial charge is 0.497 e. The molecule has 1 saturated carbocycles. The predicted molar refractivity (Wildman–Crippen MR) is 127 cm³/mol. The lowest BCUT2D eigenvalue weighted by Gasteiger charge is -2.44. The van der Waals surface area contributed by atoms with Crippen LogP contribution in [0.4, 0.5) is 0 Å². The number of carbonyl (C=O) groups excluding carboxylic acids is 2. The number of nitrogens with zero attached hydrogens (tertiary/aromatic N) is 3. The maximum absolute atomic E-state index is 13.8. The van der Waals surface area contributed by atoms with Crippen LogP contribution in [0.15, 0.2) is 30.3 Å². The Labute approximate surface area is 196 Å². The molecule has 1 aromatic heterocycles. The monoisotopic (exact) mass is 452 g/mol. The average Bonchev–Trinajstić information content (AvgIpc) is 3.22. The predicted octanol–water partition coefficient (Wildman–Crippen LogP) is 4.05. The molecule has 0 spiro atoms. The summed E-state index contributed by atoms with van der Waals surface area (Å²) in [5.74, 6) is 0.447.